The molecule has 9 heteroatoms. The molecule has 0 spiro atoms. The highest BCUT2D eigenvalue weighted by Crippen LogP contribution is 2.33. The number of fused-ring (bicyclic) bond motifs is 1. The molecular formula is C23H26ClN5O3. The van der Waals surface area contributed by atoms with Gasteiger partial charge in [-0.05, 0) is 43.7 Å². The molecule has 4 rings (SSSR count). The molecule has 2 aromatic rings. The van der Waals surface area contributed by atoms with Crippen LogP contribution in [0.1, 0.15) is 49.0 Å². The number of carbonyl (C=O) groups excluding carboxylic acids is 3. The van der Waals surface area contributed by atoms with Gasteiger partial charge in [0.25, 0.3) is 5.91 Å². The third kappa shape index (κ3) is 5.22. The number of carbonyl (C=O) groups is 3. The Morgan fingerprint density at radius 1 is 1.22 bits per heavy atom. The highest BCUT2D eigenvalue weighted by molar-refractivity contribution is 6.35. The summed E-state index contributed by atoms with van der Waals surface area (Å²) in [4.78, 5) is 40.9. The normalized spacial score (nSPS) is 20.1. The van der Waals surface area contributed by atoms with Crippen LogP contribution in [0.25, 0.3) is 10.9 Å². The second kappa shape index (κ2) is 9.61. The standard InChI is InChI=1S/C23H26ClN5O3/c24-17-5-1-3-14-11-19(28-20(14)17)23(32)29-18(9-13-6-7-13)22(31)27-16(12-25)10-15-4-2-8-26-21(15)30/h1,3,5,11,13,15-16,18,28H,2,4,6-10H2,(H,26,30)(H,27,31)(H,29,32)/t15-,16-,18?/m0/s1. The largest absolute Gasteiger partial charge is 0.356 e. The van der Waals surface area contributed by atoms with Crippen molar-refractivity contribution in [1.82, 2.24) is 20.9 Å². The lowest BCUT2D eigenvalue weighted by molar-refractivity contribution is -0.128. The molecular weight excluding hydrogens is 430 g/mol. The lowest BCUT2D eigenvalue weighted by Crippen LogP contribution is -2.50. The molecule has 1 saturated heterocycles. The maximum absolute atomic E-state index is 13.0. The van der Waals surface area contributed by atoms with Crippen molar-refractivity contribution in [3.63, 3.8) is 0 Å². The number of piperidine rings is 1. The Labute approximate surface area is 191 Å². The summed E-state index contributed by atoms with van der Waals surface area (Å²) >= 11 is 6.19. The predicted molar refractivity (Wildman–Crippen MR) is 120 cm³/mol. The summed E-state index contributed by atoms with van der Waals surface area (Å²) in [6, 6.07) is 7.63. The van der Waals surface area contributed by atoms with E-state index in [1.54, 1.807) is 18.2 Å². The molecule has 3 amide bonds. The van der Waals surface area contributed by atoms with E-state index in [1.807, 2.05) is 6.07 Å². The molecule has 2 aliphatic rings. The minimum absolute atomic E-state index is 0.0777. The van der Waals surface area contributed by atoms with E-state index in [9.17, 15) is 19.6 Å². The molecule has 0 radical (unpaired) electrons. The van der Waals surface area contributed by atoms with Crippen molar-refractivity contribution in [2.24, 2.45) is 11.8 Å². The van der Waals surface area contributed by atoms with Gasteiger partial charge in [-0.25, -0.2) is 0 Å². The zero-order chi connectivity index (χ0) is 22.7. The number of para-hydroxylation sites is 1. The summed E-state index contributed by atoms with van der Waals surface area (Å²) in [6.07, 6.45) is 4.37. The average Bonchev–Trinajstić information content (AvgIpc) is 3.48. The fourth-order valence-corrected chi connectivity index (χ4v) is 4.39. The highest BCUT2D eigenvalue weighted by atomic mass is 35.5. The second-order valence-electron chi connectivity index (χ2n) is 8.65. The summed E-state index contributed by atoms with van der Waals surface area (Å²) in [6.45, 7) is 0.646. The molecule has 1 aliphatic carbocycles. The lowest BCUT2D eigenvalue weighted by atomic mass is 9.92. The first-order chi connectivity index (χ1) is 15.4. The first-order valence-corrected chi connectivity index (χ1v) is 11.4. The van der Waals surface area contributed by atoms with E-state index in [0.717, 1.165) is 24.6 Å². The number of aromatic amines is 1. The summed E-state index contributed by atoms with van der Waals surface area (Å²) in [5.41, 5.74) is 0.982. The van der Waals surface area contributed by atoms with Gasteiger partial charge >= 0.3 is 0 Å². The van der Waals surface area contributed by atoms with Gasteiger partial charge in [-0.1, -0.05) is 36.6 Å². The van der Waals surface area contributed by atoms with E-state index >= 15 is 0 Å². The molecule has 1 aliphatic heterocycles. The topological polar surface area (TPSA) is 127 Å². The van der Waals surface area contributed by atoms with Crippen LogP contribution < -0.4 is 16.0 Å². The first-order valence-electron chi connectivity index (χ1n) is 11.0. The Bertz CT molecular complexity index is 1070. The van der Waals surface area contributed by atoms with Gasteiger partial charge in [0.1, 0.15) is 17.8 Å². The summed E-state index contributed by atoms with van der Waals surface area (Å²) < 4.78 is 0. The highest BCUT2D eigenvalue weighted by Gasteiger charge is 2.33. The number of rotatable bonds is 8. The third-order valence-electron chi connectivity index (χ3n) is 6.13. The zero-order valence-electron chi connectivity index (χ0n) is 17.6. The molecule has 8 nitrogen and oxygen atoms in total. The van der Waals surface area contributed by atoms with Gasteiger partial charge in [-0.2, -0.15) is 5.26 Å². The molecule has 32 heavy (non-hydrogen) atoms. The van der Waals surface area contributed by atoms with E-state index in [0.29, 0.717) is 41.5 Å². The van der Waals surface area contributed by atoms with Crippen LogP contribution in [0.4, 0.5) is 0 Å². The molecule has 1 saturated carbocycles. The Balaban J connectivity index is 1.42. The summed E-state index contributed by atoms with van der Waals surface area (Å²) in [5, 5.41) is 19.2. The van der Waals surface area contributed by atoms with Gasteiger partial charge in [-0.3, -0.25) is 14.4 Å². The molecule has 2 fully saturated rings. The molecule has 1 unspecified atom stereocenters. The van der Waals surface area contributed by atoms with Crippen LogP contribution in [-0.4, -0.2) is 41.3 Å². The number of benzene rings is 1. The van der Waals surface area contributed by atoms with Crippen molar-refractivity contribution >= 4 is 40.2 Å². The van der Waals surface area contributed by atoms with Gasteiger partial charge in [0, 0.05) is 17.8 Å². The van der Waals surface area contributed by atoms with E-state index in [-0.39, 0.29) is 18.2 Å². The maximum atomic E-state index is 13.0. The predicted octanol–water partition coefficient (Wildman–Crippen LogP) is 2.64. The smallest absolute Gasteiger partial charge is 0.268 e. The monoisotopic (exact) mass is 455 g/mol. The van der Waals surface area contributed by atoms with E-state index < -0.39 is 23.9 Å². The van der Waals surface area contributed by atoms with Crippen LogP contribution in [0, 0.1) is 23.2 Å². The van der Waals surface area contributed by atoms with E-state index in [4.69, 9.17) is 11.6 Å². The molecule has 0 bridgehead atoms. The number of hydrogen-bond donors (Lipinski definition) is 4. The Morgan fingerprint density at radius 2 is 2.03 bits per heavy atom. The zero-order valence-corrected chi connectivity index (χ0v) is 18.4. The number of nitrogens with one attached hydrogen (secondary N) is 4. The number of hydrogen-bond acceptors (Lipinski definition) is 4. The maximum Gasteiger partial charge on any atom is 0.268 e. The van der Waals surface area contributed by atoms with Crippen molar-refractivity contribution in [2.45, 2.75) is 50.6 Å². The van der Waals surface area contributed by atoms with Crippen LogP contribution in [0.3, 0.4) is 0 Å². The number of halogens is 1. The number of aromatic nitrogens is 1. The van der Waals surface area contributed by atoms with Gasteiger partial charge in [0.05, 0.1) is 16.6 Å². The van der Waals surface area contributed by atoms with Crippen molar-refractivity contribution < 1.29 is 14.4 Å². The van der Waals surface area contributed by atoms with Crippen molar-refractivity contribution in [1.29, 1.82) is 5.26 Å². The fourth-order valence-electron chi connectivity index (χ4n) is 4.16. The third-order valence-corrected chi connectivity index (χ3v) is 6.44. The molecule has 2 heterocycles. The molecule has 4 N–H and O–H groups in total. The van der Waals surface area contributed by atoms with Crippen LogP contribution in [0.5, 0.6) is 0 Å². The van der Waals surface area contributed by atoms with Crippen LogP contribution in [0.15, 0.2) is 24.3 Å². The van der Waals surface area contributed by atoms with Gasteiger partial charge in [0.2, 0.25) is 11.8 Å². The van der Waals surface area contributed by atoms with Gasteiger partial charge in [0.15, 0.2) is 0 Å². The van der Waals surface area contributed by atoms with E-state index in [2.05, 4.69) is 27.0 Å². The SMILES string of the molecule is N#C[C@H](C[C@@H]1CCCNC1=O)NC(=O)C(CC1CC1)NC(=O)c1cc2cccc(Cl)c2[nH]1. The summed E-state index contributed by atoms with van der Waals surface area (Å²) in [5.74, 6) is -0.791. The molecule has 168 valence electrons. The lowest BCUT2D eigenvalue weighted by Gasteiger charge is -2.25. The van der Waals surface area contributed by atoms with Crippen LogP contribution in [-0.2, 0) is 9.59 Å². The molecule has 1 aromatic heterocycles. The Morgan fingerprint density at radius 3 is 2.72 bits per heavy atom. The Hall–Kier alpha value is -3.05. The van der Waals surface area contributed by atoms with Gasteiger partial charge < -0.3 is 20.9 Å². The first kappa shape index (κ1) is 22.2. The minimum Gasteiger partial charge on any atom is -0.356 e. The number of H-pyrrole nitrogens is 1. The van der Waals surface area contributed by atoms with Crippen LogP contribution >= 0.6 is 11.6 Å². The average molecular weight is 456 g/mol. The quantitative estimate of drug-likeness (QED) is 0.488. The minimum atomic E-state index is -0.790. The van der Waals surface area contributed by atoms with Crippen molar-refractivity contribution in [2.75, 3.05) is 6.54 Å². The van der Waals surface area contributed by atoms with Crippen molar-refractivity contribution in [3.8, 4) is 6.07 Å². The number of nitriles is 1. The number of nitrogens with zero attached hydrogens (tertiary/aromatic N) is 1. The van der Waals surface area contributed by atoms with Crippen LogP contribution in [0.2, 0.25) is 5.02 Å². The molecule has 3 atom stereocenters. The summed E-state index contributed by atoms with van der Waals surface area (Å²) in [7, 11) is 0. The second-order valence-corrected chi connectivity index (χ2v) is 9.06. The van der Waals surface area contributed by atoms with Crippen molar-refractivity contribution in [3.05, 3.63) is 35.0 Å². The van der Waals surface area contributed by atoms with Gasteiger partial charge in [-0.15, -0.1) is 0 Å². The van der Waals surface area contributed by atoms with E-state index in [1.165, 1.54) is 0 Å². The fraction of sp³-hybridized carbons (Fsp3) is 0.478. The number of amides is 3. The molecule has 1 aromatic carbocycles. The Kier molecular flexibility index (Phi) is 6.66.